The summed E-state index contributed by atoms with van der Waals surface area (Å²) in [4.78, 5) is 4.60. The van der Waals surface area contributed by atoms with E-state index in [2.05, 4.69) is 21.9 Å². The van der Waals surface area contributed by atoms with Gasteiger partial charge in [-0.2, -0.15) is 5.26 Å². The van der Waals surface area contributed by atoms with Gasteiger partial charge >= 0.3 is 0 Å². The lowest BCUT2D eigenvalue weighted by molar-refractivity contribution is 0.174. The van der Waals surface area contributed by atoms with Crippen LogP contribution in [0.5, 0.6) is 11.5 Å². The molecule has 0 aliphatic carbocycles. The number of nitriles is 1. The number of ether oxygens (including phenoxy) is 2. The first-order chi connectivity index (χ1) is 12.2. The molecule has 4 rings (SSSR count). The van der Waals surface area contributed by atoms with Crippen LogP contribution in [0.3, 0.4) is 0 Å². The Balaban J connectivity index is 1.51. The fourth-order valence-corrected chi connectivity index (χ4v) is 3.58. The van der Waals surface area contributed by atoms with E-state index in [1.807, 2.05) is 23.6 Å². The molecule has 0 amide bonds. The number of nitrogen functional groups attached to an aromatic ring is 1. The number of hydrogen-bond donors (Lipinski definition) is 1. The Morgan fingerprint density at radius 2 is 1.80 bits per heavy atom. The largest absolute Gasteiger partial charge is 0.454 e. The van der Waals surface area contributed by atoms with E-state index in [0.29, 0.717) is 18.2 Å². The van der Waals surface area contributed by atoms with Gasteiger partial charge in [-0.3, -0.25) is 0 Å². The summed E-state index contributed by atoms with van der Waals surface area (Å²) in [5.74, 6) is 2.58. The maximum absolute atomic E-state index is 9.28. The van der Waals surface area contributed by atoms with E-state index >= 15 is 0 Å². The molecule has 7 heteroatoms. The Morgan fingerprint density at radius 1 is 1.08 bits per heavy atom. The summed E-state index contributed by atoms with van der Waals surface area (Å²) in [6, 6.07) is 10.1. The number of piperazine rings is 1. The number of rotatable bonds is 3. The standard InChI is InChI=1S/C18H21N5O2/c1-2-23-14(11-19)9-15(20)18(23)22-7-5-21(6-8-22)13-3-4-16-17(10-13)25-12-24-16/h3-4,9-10H,2,5-8,12,20H2,1H3. The molecule has 0 spiro atoms. The number of fused-ring (bicyclic) bond motifs is 1. The first-order valence-corrected chi connectivity index (χ1v) is 8.50. The van der Waals surface area contributed by atoms with Gasteiger partial charge in [0.25, 0.3) is 0 Å². The number of aromatic nitrogens is 1. The van der Waals surface area contributed by atoms with Gasteiger partial charge in [0.2, 0.25) is 6.79 Å². The molecular formula is C18H21N5O2. The number of nitrogens with two attached hydrogens (primary N) is 1. The van der Waals surface area contributed by atoms with Crippen molar-refractivity contribution in [2.45, 2.75) is 13.5 Å². The second-order valence-electron chi connectivity index (χ2n) is 6.18. The minimum Gasteiger partial charge on any atom is -0.454 e. The highest BCUT2D eigenvalue weighted by atomic mass is 16.7. The average Bonchev–Trinajstić information content (AvgIpc) is 3.24. The summed E-state index contributed by atoms with van der Waals surface area (Å²) in [5, 5.41) is 9.28. The zero-order valence-corrected chi connectivity index (χ0v) is 14.2. The maximum Gasteiger partial charge on any atom is 0.231 e. The fraction of sp³-hybridized carbons (Fsp3) is 0.389. The zero-order valence-electron chi connectivity index (χ0n) is 14.2. The van der Waals surface area contributed by atoms with Crippen molar-refractivity contribution >= 4 is 17.2 Å². The summed E-state index contributed by atoms with van der Waals surface area (Å²) in [5.41, 5.74) is 8.61. The Kier molecular flexibility index (Phi) is 3.80. The molecule has 1 saturated heterocycles. The van der Waals surface area contributed by atoms with E-state index in [-0.39, 0.29) is 0 Å². The van der Waals surface area contributed by atoms with E-state index in [1.54, 1.807) is 6.07 Å². The van der Waals surface area contributed by atoms with Gasteiger partial charge in [0.1, 0.15) is 17.6 Å². The predicted octanol–water partition coefficient (Wildman–Crippen LogP) is 2.02. The fourth-order valence-electron chi connectivity index (χ4n) is 3.58. The van der Waals surface area contributed by atoms with Crippen LogP contribution in [0.4, 0.5) is 17.2 Å². The molecule has 0 atom stereocenters. The normalized spacial score (nSPS) is 16.2. The van der Waals surface area contributed by atoms with Gasteiger partial charge in [-0.05, 0) is 25.1 Å². The lowest BCUT2D eigenvalue weighted by Gasteiger charge is -2.37. The highest BCUT2D eigenvalue weighted by Gasteiger charge is 2.24. The third-order valence-electron chi connectivity index (χ3n) is 4.83. The molecule has 25 heavy (non-hydrogen) atoms. The Hall–Kier alpha value is -3.01. The van der Waals surface area contributed by atoms with Gasteiger partial charge < -0.3 is 29.6 Å². The third-order valence-corrected chi connectivity index (χ3v) is 4.83. The van der Waals surface area contributed by atoms with Crippen LogP contribution in [0.1, 0.15) is 12.6 Å². The average molecular weight is 339 g/mol. The van der Waals surface area contributed by atoms with Crippen LogP contribution in [0, 0.1) is 11.3 Å². The van der Waals surface area contributed by atoms with Crippen LogP contribution in [0.15, 0.2) is 24.3 Å². The van der Waals surface area contributed by atoms with E-state index in [4.69, 9.17) is 15.2 Å². The molecule has 0 unspecified atom stereocenters. The van der Waals surface area contributed by atoms with Gasteiger partial charge in [-0.25, -0.2) is 0 Å². The number of hydrogen-bond acceptors (Lipinski definition) is 6. The molecule has 130 valence electrons. The van der Waals surface area contributed by atoms with Crippen molar-refractivity contribution in [3.63, 3.8) is 0 Å². The molecule has 0 saturated carbocycles. The Labute approximate surface area is 146 Å². The van der Waals surface area contributed by atoms with E-state index in [9.17, 15) is 5.26 Å². The number of benzene rings is 1. The van der Waals surface area contributed by atoms with Gasteiger partial charge in [0, 0.05) is 44.5 Å². The Bertz CT molecular complexity index is 831. The summed E-state index contributed by atoms with van der Waals surface area (Å²) in [6.45, 7) is 6.54. The lowest BCUT2D eigenvalue weighted by atomic mass is 10.2. The summed E-state index contributed by atoms with van der Waals surface area (Å²) >= 11 is 0. The second-order valence-corrected chi connectivity index (χ2v) is 6.18. The van der Waals surface area contributed by atoms with Crippen molar-refractivity contribution in [1.29, 1.82) is 5.26 Å². The van der Waals surface area contributed by atoms with E-state index in [1.165, 1.54) is 0 Å². The molecule has 1 fully saturated rings. The first kappa shape index (κ1) is 15.5. The molecule has 1 aromatic carbocycles. The molecule has 1 aromatic heterocycles. The van der Waals surface area contributed by atoms with Crippen LogP contribution >= 0.6 is 0 Å². The summed E-state index contributed by atoms with van der Waals surface area (Å²) in [6.07, 6.45) is 0. The topological polar surface area (TPSA) is 79.7 Å². The summed E-state index contributed by atoms with van der Waals surface area (Å²) in [7, 11) is 0. The van der Waals surface area contributed by atoms with Crippen LogP contribution in [0.25, 0.3) is 0 Å². The molecule has 2 aliphatic rings. The van der Waals surface area contributed by atoms with Crippen molar-refractivity contribution in [1.82, 2.24) is 4.57 Å². The zero-order chi connectivity index (χ0) is 17.4. The minimum atomic E-state index is 0.293. The van der Waals surface area contributed by atoms with Crippen molar-refractivity contribution < 1.29 is 9.47 Å². The van der Waals surface area contributed by atoms with Gasteiger partial charge in [-0.1, -0.05) is 0 Å². The molecule has 0 bridgehead atoms. The lowest BCUT2D eigenvalue weighted by Crippen LogP contribution is -2.47. The number of anilines is 3. The smallest absolute Gasteiger partial charge is 0.231 e. The highest BCUT2D eigenvalue weighted by molar-refractivity contribution is 5.68. The van der Waals surface area contributed by atoms with Crippen molar-refractivity contribution in [3.05, 3.63) is 30.0 Å². The molecular weight excluding hydrogens is 318 g/mol. The monoisotopic (exact) mass is 339 g/mol. The second kappa shape index (κ2) is 6.13. The van der Waals surface area contributed by atoms with Crippen molar-refractivity contribution in [3.8, 4) is 17.6 Å². The van der Waals surface area contributed by atoms with Crippen LogP contribution in [-0.2, 0) is 6.54 Å². The third kappa shape index (κ3) is 2.60. The molecule has 2 N–H and O–H groups in total. The first-order valence-electron chi connectivity index (χ1n) is 8.50. The molecule has 3 heterocycles. The maximum atomic E-state index is 9.28. The van der Waals surface area contributed by atoms with Gasteiger partial charge in [0.15, 0.2) is 11.5 Å². The van der Waals surface area contributed by atoms with Crippen molar-refractivity contribution in [2.75, 3.05) is 48.5 Å². The van der Waals surface area contributed by atoms with Crippen molar-refractivity contribution in [2.24, 2.45) is 0 Å². The van der Waals surface area contributed by atoms with Gasteiger partial charge in [0.05, 0.1) is 5.69 Å². The molecule has 2 aromatic rings. The molecule has 2 aliphatic heterocycles. The Morgan fingerprint density at radius 3 is 2.52 bits per heavy atom. The molecule has 0 radical (unpaired) electrons. The quantitative estimate of drug-likeness (QED) is 0.921. The van der Waals surface area contributed by atoms with Crippen LogP contribution < -0.4 is 25.0 Å². The minimum absolute atomic E-state index is 0.293. The van der Waals surface area contributed by atoms with Crippen LogP contribution in [0.2, 0.25) is 0 Å². The highest BCUT2D eigenvalue weighted by Crippen LogP contribution is 2.36. The summed E-state index contributed by atoms with van der Waals surface area (Å²) < 4.78 is 12.8. The molecule has 7 nitrogen and oxygen atoms in total. The van der Waals surface area contributed by atoms with E-state index in [0.717, 1.165) is 55.7 Å². The van der Waals surface area contributed by atoms with E-state index < -0.39 is 0 Å². The SMILES string of the molecule is CCn1c(C#N)cc(N)c1N1CCN(c2ccc3c(c2)OCO3)CC1. The van der Waals surface area contributed by atoms with Crippen LogP contribution in [-0.4, -0.2) is 37.5 Å². The predicted molar refractivity (Wildman–Crippen MR) is 96.2 cm³/mol. The number of nitrogens with zero attached hydrogens (tertiary/aromatic N) is 4. The van der Waals surface area contributed by atoms with Gasteiger partial charge in [-0.15, -0.1) is 0 Å².